The lowest BCUT2D eigenvalue weighted by Gasteiger charge is -2.29. The highest BCUT2D eigenvalue weighted by Gasteiger charge is 2.23. The monoisotopic (exact) mass is 863 g/mol. The van der Waals surface area contributed by atoms with E-state index < -0.39 is 20.0 Å². The van der Waals surface area contributed by atoms with E-state index in [0.717, 1.165) is 77.0 Å². The SMILES string of the molecule is CC/C=C\C/C=C\C/C=C\C/C=C\CCCCCCCCC(=O)NC(COP(=O)([O-])OCC[N+](C)(C)C)C(O)/C=C/CCCCCCCCCCCCCCCCCCC. The first-order valence-corrected chi connectivity index (χ1v) is 26.1. The Morgan fingerprint density at radius 3 is 1.48 bits per heavy atom. The van der Waals surface area contributed by atoms with Crippen molar-refractivity contribution in [2.75, 3.05) is 40.9 Å². The molecule has 60 heavy (non-hydrogen) atoms. The van der Waals surface area contributed by atoms with Gasteiger partial charge in [-0.15, -0.1) is 0 Å². The van der Waals surface area contributed by atoms with Crippen LogP contribution < -0.4 is 10.2 Å². The molecule has 0 aromatic rings. The summed E-state index contributed by atoms with van der Waals surface area (Å²) in [5.41, 5.74) is 0. The molecule has 350 valence electrons. The normalized spacial score (nSPS) is 14.7. The van der Waals surface area contributed by atoms with Crippen LogP contribution in [0.2, 0.25) is 0 Å². The Kier molecular flexibility index (Phi) is 41.2. The van der Waals surface area contributed by atoms with Gasteiger partial charge in [-0.05, 0) is 57.8 Å². The van der Waals surface area contributed by atoms with Gasteiger partial charge in [0.2, 0.25) is 5.91 Å². The van der Waals surface area contributed by atoms with Crippen LogP contribution in [0, 0.1) is 0 Å². The molecule has 2 N–H and O–H groups in total. The molecular formula is C51H95N2O6P. The van der Waals surface area contributed by atoms with E-state index in [1.807, 2.05) is 27.2 Å². The zero-order valence-electron chi connectivity index (χ0n) is 39.6. The van der Waals surface area contributed by atoms with Gasteiger partial charge in [-0.2, -0.15) is 0 Å². The molecule has 9 heteroatoms. The zero-order valence-corrected chi connectivity index (χ0v) is 40.5. The fourth-order valence-corrected chi connectivity index (χ4v) is 7.57. The number of likely N-dealkylation sites (N-methyl/N-ethyl adjacent to an activating group) is 1. The summed E-state index contributed by atoms with van der Waals surface area (Å²) in [4.78, 5) is 25.4. The van der Waals surface area contributed by atoms with E-state index in [1.54, 1.807) is 6.08 Å². The number of rotatable bonds is 44. The molecule has 0 aliphatic rings. The maximum atomic E-state index is 12.9. The first-order valence-electron chi connectivity index (χ1n) is 24.7. The fourth-order valence-electron chi connectivity index (χ4n) is 6.85. The van der Waals surface area contributed by atoms with Gasteiger partial charge < -0.3 is 28.8 Å². The van der Waals surface area contributed by atoms with Gasteiger partial charge in [0.15, 0.2) is 0 Å². The third-order valence-corrected chi connectivity index (χ3v) is 11.7. The second-order valence-electron chi connectivity index (χ2n) is 17.8. The van der Waals surface area contributed by atoms with E-state index in [1.165, 1.54) is 109 Å². The van der Waals surface area contributed by atoms with Crippen molar-refractivity contribution < 1.29 is 32.9 Å². The van der Waals surface area contributed by atoms with Crippen molar-refractivity contribution in [3.05, 3.63) is 60.8 Å². The van der Waals surface area contributed by atoms with Crippen molar-refractivity contribution in [1.82, 2.24) is 5.32 Å². The quantitative estimate of drug-likeness (QED) is 0.0273. The number of phosphoric acid groups is 1. The Morgan fingerprint density at radius 1 is 0.600 bits per heavy atom. The van der Waals surface area contributed by atoms with Gasteiger partial charge in [0.05, 0.1) is 39.9 Å². The maximum Gasteiger partial charge on any atom is 0.268 e. The minimum absolute atomic E-state index is 0.00640. The van der Waals surface area contributed by atoms with Crippen molar-refractivity contribution in [3.63, 3.8) is 0 Å². The highest BCUT2D eigenvalue weighted by molar-refractivity contribution is 7.45. The van der Waals surface area contributed by atoms with E-state index in [-0.39, 0.29) is 19.1 Å². The number of nitrogens with zero attached hydrogens (tertiary/aromatic N) is 1. The van der Waals surface area contributed by atoms with Crippen LogP contribution >= 0.6 is 7.82 Å². The topological polar surface area (TPSA) is 108 Å². The molecule has 0 aromatic carbocycles. The van der Waals surface area contributed by atoms with E-state index in [4.69, 9.17) is 9.05 Å². The zero-order chi connectivity index (χ0) is 44.3. The predicted octanol–water partition coefficient (Wildman–Crippen LogP) is 13.6. The molecule has 0 fully saturated rings. The first kappa shape index (κ1) is 58.2. The molecule has 0 spiro atoms. The minimum atomic E-state index is -4.60. The van der Waals surface area contributed by atoms with Gasteiger partial charge in [-0.25, -0.2) is 0 Å². The largest absolute Gasteiger partial charge is 0.756 e. The molecule has 0 rings (SSSR count). The van der Waals surface area contributed by atoms with Crippen molar-refractivity contribution in [2.45, 2.75) is 219 Å². The standard InChI is InChI=1S/C51H95N2O6P/c1-6-8-10-12-14-16-18-20-22-24-26-28-30-32-34-36-38-40-42-44-50(54)49(48-59-60(56,57)58-47-46-53(3,4)5)52-51(55)45-43-41-39-37-35-33-31-29-27-25-23-21-19-17-15-13-11-9-7-2/h9,11,15,17,21,23,27,29,42,44,49-50,54H,6-8,10,12-14,16,18-20,22,24-26,28,30-41,43,45-48H2,1-5H3,(H-,52,55,56,57)/b11-9-,17-15-,23-21-,29-27-,44-42+. The number of hydrogen-bond acceptors (Lipinski definition) is 6. The van der Waals surface area contributed by atoms with E-state index in [2.05, 4.69) is 67.8 Å². The number of phosphoric ester groups is 1. The number of amides is 1. The minimum Gasteiger partial charge on any atom is -0.756 e. The van der Waals surface area contributed by atoms with Crippen molar-refractivity contribution in [1.29, 1.82) is 0 Å². The lowest BCUT2D eigenvalue weighted by atomic mass is 10.0. The number of hydrogen-bond donors (Lipinski definition) is 2. The van der Waals surface area contributed by atoms with Crippen LogP contribution in [0.5, 0.6) is 0 Å². The summed E-state index contributed by atoms with van der Waals surface area (Å²) < 4.78 is 23.3. The van der Waals surface area contributed by atoms with E-state index in [0.29, 0.717) is 17.4 Å². The van der Waals surface area contributed by atoms with Crippen molar-refractivity contribution >= 4 is 13.7 Å². The van der Waals surface area contributed by atoms with Crippen LogP contribution in [0.1, 0.15) is 206 Å². The Labute approximate surface area is 371 Å². The van der Waals surface area contributed by atoms with Crippen LogP contribution in [0.4, 0.5) is 0 Å². The summed E-state index contributed by atoms with van der Waals surface area (Å²) in [6.07, 6.45) is 55.5. The van der Waals surface area contributed by atoms with Gasteiger partial charge in [-0.3, -0.25) is 9.36 Å². The summed E-state index contributed by atoms with van der Waals surface area (Å²) in [5, 5.41) is 13.8. The van der Waals surface area contributed by atoms with Crippen molar-refractivity contribution in [3.8, 4) is 0 Å². The molecule has 0 aliphatic carbocycles. The maximum absolute atomic E-state index is 12.9. The van der Waals surface area contributed by atoms with Gasteiger partial charge in [0.1, 0.15) is 13.2 Å². The predicted molar refractivity (Wildman–Crippen MR) is 256 cm³/mol. The van der Waals surface area contributed by atoms with E-state index >= 15 is 0 Å². The average Bonchev–Trinajstić information content (AvgIpc) is 3.20. The molecule has 0 aromatic heterocycles. The second-order valence-corrected chi connectivity index (χ2v) is 19.2. The average molecular weight is 863 g/mol. The van der Waals surface area contributed by atoms with Gasteiger partial charge in [0.25, 0.3) is 7.82 Å². The Bertz CT molecular complexity index is 1160. The Morgan fingerprint density at radius 2 is 1.02 bits per heavy atom. The molecule has 3 unspecified atom stereocenters. The molecule has 8 nitrogen and oxygen atoms in total. The summed E-state index contributed by atoms with van der Waals surface area (Å²) in [5.74, 6) is -0.213. The molecule has 0 saturated carbocycles. The van der Waals surface area contributed by atoms with Crippen LogP contribution in [-0.4, -0.2) is 68.5 Å². The van der Waals surface area contributed by atoms with Crippen LogP contribution in [0.3, 0.4) is 0 Å². The summed E-state index contributed by atoms with van der Waals surface area (Å²) in [6.45, 7) is 4.53. The fraction of sp³-hybridized carbons (Fsp3) is 0.784. The highest BCUT2D eigenvalue weighted by atomic mass is 31.2. The lowest BCUT2D eigenvalue weighted by Crippen LogP contribution is -2.45. The molecule has 3 atom stereocenters. The molecule has 1 amide bonds. The third-order valence-electron chi connectivity index (χ3n) is 10.7. The smallest absolute Gasteiger partial charge is 0.268 e. The van der Waals surface area contributed by atoms with E-state index in [9.17, 15) is 19.4 Å². The number of allylic oxidation sites excluding steroid dienone is 9. The Hall–Kier alpha value is -1.80. The van der Waals surface area contributed by atoms with Crippen LogP contribution in [-0.2, 0) is 18.4 Å². The molecule has 0 aliphatic heterocycles. The first-order chi connectivity index (χ1) is 29.0. The molecule has 0 radical (unpaired) electrons. The summed E-state index contributed by atoms with van der Waals surface area (Å²) in [6, 6.07) is -0.896. The third kappa shape index (κ3) is 44.3. The number of quaternary nitrogens is 1. The number of aliphatic hydroxyl groups is 1. The number of carbonyl (C=O) groups excluding carboxylic acids is 1. The van der Waals surface area contributed by atoms with Crippen LogP contribution in [0.15, 0.2) is 60.8 Å². The molecular weight excluding hydrogens is 768 g/mol. The highest BCUT2D eigenvalue weighted by Crippen LogP contribution is 2.38. The Balaban J connectivity index is 4.39. The number of nitrogens with one attached hydrogen (secondary N) is 1. The van der Waals surface area contributed by atoms with Crippen LogP contribution in [0.25, 0.3) is 0 Å². The second kappa shape index (κ2) is 42.5. The number of aliphatic hydroxyl groups excluding tert-OH is 1. The number of unbranched alkanes of at least 4 members (excludes halogenated alkanes) is 23. The summed E-state index contributed by atoms with van der Waals surface area (Å²) in [7, 11) is 1.24. The van der Waals surface area contributed by atoms with Gasteiger partial charge in [-0.1, -0.05) is 203 Å². The van der Waals surface area contributed by atoms with Gasteiger partial charge in [0, 0.05) is 6.42 Å². The lowest BCUT2D eigenvalue weighted by molar-refractivity contribution is -0.870. The number of carbonyl (C=O) groups is 1. The summed E-state index contributed by atoms with van der Waals surface area (Å²) >= 11 is 0. The van der Waals surface area contributed by atoms with Gasteiger partial charge >= 0.3 is 0 Å². The molecule has 0 bridgehead atoms. The van der Waals surface area contributed by atoms with Crippen molar-refractivity contribution in [2.24, 2.45) is 0 Å². The molecule has 0 heterocycles. The molecule has 0 saturated heterocycles.